The molecule has 29 heavy (non-hydrogen) atoms. The van der Waals surface area contributed by atoms with E-state index < -0.39 is 23.4 Å². The molecular formula is C24H31F5. The molecular weight excluding hydrogens is 383 g/mol. The first-order valence-corrected chi connectivity index (χ1v) is 11.0. The minimum atomic E-state index is -5.00. The van der Waals surface area contributed by atoms with E-state index in [0.29, 0.717) is 17.9 Å². The average Bonchev–Trinajstić information content (AvgIpc) is 2.66. The Morgan fingerprint density at radius 3 is 1.86 bits per heavy atom. The number of rotatable bonds is 5. The Kier molecular flexibility index (Phi) is 7.39. The van der Waals surface area contributed by atoms with Gasteiger partial charge in [0.05, 0.1) is 0 Å². The highest BCUT2D eigenvalue weighted by Gasteiger charge is 2.38. The summed E-state index contributed by atoms with van der Waals surface area (Å²) in [6.45, 7) is 2.08. The van der Waals surface area contributed by atoms with Gasteiger partial charge >= 0.3 is 6.18 Å². The van der Waals surface area contributed by atoms with Crippen molar-refractivity contribution in [3.8, 4) is 0 Å². The number of alkyl halides is 3. The van der Waals surface area contributed by atoms with Crippen molar-refractivity contribution in [1.29, 1.82) is 0 Å². The molecule has 0 heterocycles. The maximum atomic E-state index is 13.7. The first-order valence-electron chi connectivity index (χ1n) is 11.0. The fourth-order valence-corrected chi connectivity index (χ4v) is 5.44. The zero-order chi connectivity index (χ0) is 21.0. The fraction of sp³-hybridized carbons (Fsp3) is 0.667. The lowest BCUT2D eigenvalue weighted by molar-refractivity contribution is -0.142. The van der Waals surface area contributed by atoms with Gasteiger partial charge in [-0.05, 0) is 99.7 Å². The Morgan fingerprint density at radius 1 is 0.862 bits per heavy atom. The highest BCUT2D eigenvalue weighted by Crippen LogP contribution is 2.42. The second-order valence-electron chi connectivity index (χ2n) is 8.95. The van der Waals surface area contributed by atoms with Gasteiger partial charge in [0.25, 0.3) is 0 Å². The van der Waals surface area contributed by atoms with Gasteiger partial charge in [-0.3, -0.25) is 0 Å². The van der Waals surface area contributed by atoms with Crippen molar-refractivity contribution < 1.29 is 22.0 Å². The Morgan fingerprint density at radius 2 is 1.38 bits per heavy atom. The Bertz CT molecular complexity index is 667. The molecule has 0 atom stereocenters. The number of hydrogen-bond donors (Lipinski definition) is 0. The van der Waals surface area contributed by atoms with Crippen LogP contribution in [0.4, 0.5) is 22.0 Å². The van der Waals surface area contributed by atoms with Crippen LogP contribution in [0.25, 0.3) is 0 Å². The molecule has 0 saturated heterocycles. The lowest BCUT2D eigenvalue weighted by Gasteiger charge is -2.37. The van der Waals surface area contributed by atoms with E-state index in [0.717, 1.165) is 49.1 Å². The lowest BCUT2D eigenvalue weighted by Crippen LogP contribution is -2.25. The molecule has 2 aliphatic carbocycles. The van der Waals surface area contributed by atoms with Crippen molar-refractivity contribution in [3.05, 3.63) is 47.0 Å². The summed E-state index contributed by atoms with van der Waals surface area (Å²) in [4.78, 5) is 0. The predicted octanol–water partition coefficient (Wildman–Crippen LogP) is 8.11. The number of halogens is 5. The van der Waals surface area contributed by atoms with Gasteiger partial charge in [0, 0.05) is 0 Å². The Balaban J connectivity index is 1.46. The predicted molar refractivity (Wildman–Crippen MR) is 105 cm³/mol. The smallest absolute Gasteiger partial charge is 0.206 e. The third-order valence-electron chi connectivity index (χ3n) is 7.07. The molecule has 2 fully saturated rings. The van der Waals surface area contributed by atoms with E-state index in [1.54, 1.807) is 0 Å². The molecule has 1 aromatic carbocycles. The van der Waals surface area contributed by atoms with Crippen LogP contribution in [0, 0.1) is 35.3 Å². The van der Waals surface area contributed by atoms with Crippen LogP contribution < -0.4 is 0 Å². The van der Waals surface area contributed by atoms with Crippen LogP contribution in [0.3, 0.4) is 0 Å². The molecule has 0 nitrogen and oxygen atoms in total. The van der Waals surface area contributed by atoms with Crippen molar-refractivity contribution >= 4 is 0 Å². The molecule has 0 spiro atoms. The summed E-state index contributed by atoms with van der Waals surface area (Å²) < 4.78 is 65.5. The summed E-state index contributed by atoms with van der Waals surface area (Å²) in [7, 11) is 0. The summed E-state index contributed by atoms with van der Waals surface area (Å²) in [5.74, 6) is -0.153. The second-order valence-corrected chi connectivity index (χ2v) is 8.95. The van der Waals surface area contributed by atoms with Crippen LogP contribution in [0.2, 0.25) is 0 Å². The normalized spacial score (nSPS) is 28.8. The molecule has 2 saturated carbocycles. The molecule has 2 aliphatic rings. The summed E-state index contributed by atoms with van der Waals surface area (Å²) in [6, 6.07) is 1.70. The van der Waals surface area contributed by atoms with Crippen molar-refractivity contribution in [3.63, 3.8) is 0 Å². The largest absolute Gasteiger partial charge is 0.422 e. The van der Waals surface area contributed by atoms with Crippen molar-refractivity contribution in [2.75, 3.05) is 0 Å². The molecule has 3 rings (SSSR count). The molecule has 162 valence electrons. The van der Waals surface area contributed by atoms with Gasteiger partial charge in [-0.1, -0.05) is 25.0 Å². The van der Waals surface area contributed by atoms with Crippen LogP contribution in [0.15, 0.2) is 24.3 Å². The quantitative estimate of drug-likeness (QED) is 0.337. The third kappa shape index (κ3) is 5.82. The standard InChI is InChI=1S/C24H31F5/c1-2-3-16-6-10-19(11-7-16)20-12-8-17(9-13-20)4-5-18-14-21(25)23(22(26)15-18)24(27,28)29/h2-3,14-17,19-20H,4-13H2,1H3. The van der Waals surface area contributed by atoms with Gasteiger partial charge in [-0.15, -0.1) is 0 Å². The third-order valence-corrected chi connectivity index (χ3v) is 7.07. The van der Waals surface area contributed by atoms with Crippen molar-refractivity contribution in [2.24, 2.45) is 23.7 Å². The zero-order valence-corrected chi connectivity index (χ0v) is 17.1. The molecule has 0 radical (unpaired) electrons. The summed E-state index contributed by atoms with van der Waals surface area (Å²) in [5, 5.41) is 0. The molecule has 0 aliphatic heterocycles. The molecule has 5 heteroatoms. The van der Waals surface area contributed by atoms with E-state index in [1.807, 2.05) is 0 Å². The van der Waals surface area contributed by atoms with Gasteiger partial charge in [-0.25, -0.2) is 8.78 Å². The molecule has 0 bridgehead atoms. The van der Waals surface area contributed by atoms with Crippen molar-refractivity contribution in [1.82, 2.24) is 0 Å². The number of benzene rings is 1. The van der Waals surface area contributed by atoms with Crippen LogP contribution in [0.5, 0.6) is 0 Å². The Labute approximate surface area is 170 Å². The highest BCUT2D eigenvalue weighted by molar-refractivity contribution is 5.28. The van der Waals surface area contributed by atoms with Crippen LogP contribution in [-0.2, 0) is 12.6 Å². The fourth-order valence-electron chi connectivity index (χ4n) is 5.44. The summed E-state index contributed by atoms with van der Waals surface area (Å²) in [5.41, 5.74) is -1.47. The van der Waals surface area contributed by atoms with Gasteiger partial charge in [0.15, 0.2) is 0 Å². The maximum Gasteiger partial charge on any atom is 0.422 e. The van der Waals surface area contributed by atoms with Gasteiger partial charge in [-0.2, -0.15) is 13.2 Å². The van der Waals surface area contributed by atoms with E-state index >= 15 is 0 Å². The first-order chi connectivity index (χ1) is 13.8. The van der Waals surface area contributed by atoms with E-state index in [4.69, 9.17) is 0 Å². The number of hydrogen-bond acceptors (Lipinski definition) is 0. The van der Waals surface area contributed by atoms with Crippen LogP contribution >= 0.6 is 0 Å². The SMILES string of the molecule is CC=CC1CCC(C2CCC(CCc3cc(F)c(C(F)(F)F)c(F)c3)CC2)CC1. The second kappa shape index (κ2) is 9.61. The minimum Gasteiger partial charge on any atom is -0.206 e. The number of aryl methyl sites for hydroxylation is 1. The summed E-state index contributed by atoms with van der Waals surface area (Å²) in [6.07, 6.45) is 10.6. The molecule has 1 aromatic rings. The van der Waals surface area contributed by atoms with Gasteiger partial charge < -0.3 is 0 Å². The maximum absolute atomic E-state index is 13.7. The first kappa shape index (κ1) is 22.3. The van der Waals surface area contributed by atoms with Crippen LogP contribution in [0.1, 0.15) is 75.8 Å². The molecule has 0 N–H and O–H groups in total. The van der Waals surface area contributed by atoms with E-state index in [2.05, 4.69) is 19.1 Å². The molecule has 0 aromatic heterocycles. The monoisotopic (exact) mass is 414 g/mol. The van der Waals surface area contributed by atoms with E-state index in [-0.39, 0.29) is 0 Å². The topological polar surface area (TPSA) is 0 Å². The highest BCUT2D eigenvalue weighted by atomic mass is 19.4. The average molecular weight is 415 g/mol. The Hall–Kier alpha value is -1.39. The molecule has 0 amide bonds. The zero-order valence-electron chi connectivity index (χ0n) is 17.1. The van der Waals surface area contributed by atoms with Crippen LogP contribution in [-0.4, -0.2) is 0 Å². The minimum absolute atomic E-state index is 0.317. The van der Waals surface area contributed by atoms with E-state index in [9.17, 15) is 22.0 Å². The number of allylic oxidation sites excluding steroid dienone is 2. The summed E-state index contributed by atoms with van der Waals surface area (Å²) >= 11 is 0. The van der Waals surface area contributed by atoms with Gasteiger partial charge in [0.2, 0.25) is 0 Å². The van der Waals surface area contributed by atoms with Gasteiger partial charge in [0.1, 0.15) is 17.2 Å². The molecule has 0 unspecified atom stereocenters. The lowest BCUT2D eigenvalue weighted by atomic mass is 9.68. The van der Waals surface area contributed by atoms with E-state index in [1.165, 1.54) is 38.5 Å². The van der Waals surface area contributed by atoms with Crippen molar-refractivity contribution in [2.45, 2.75) is 77.3 Å².